The van der Waals surface area contributed by atoms with E-state index < -0.39 is 10.0 Å². The molecule has 8 nitrogen and oxygen atoms in total. The average molecular weight is 475 g/mol. The predicted molar refractivity (Wildman–Crippen MR) is 110 cm³/mol. The molecule has 0 bridgehead atoms. The number of primary amides is 1. The first-order valence-corrected chi connectivity index (χ1v) is 11.6. The number of amides is 2. The molecule has 156 valence electrons. The van der Waals surface area contributed by atoms with Crippen LogP contribution in [0.15, 0.2) is 33.6 Å². The van der Waals surface area contributed by atoms with Crippen molar-refractivity contribution in [2.24, 2.45) is 11.7 Å². The summed E-state index contributed by atoms with van der Waals surface area (Å²) < 4.78 is 27.4. The van der Waals surface area contributed by atoms with Crippen molar-refractivity contribution in [1.29, 1.82) is 0 Å². The molecule has 2 amide bonds. The quantitative estimate of drug-likeness (QED) is 0.433. The zero-order valence-electron chi connectivity index (χ0n) is 15.7. The van der Waals surface area contributed by atoms with Crippen LogP contribution in [0.25, 0.3) is 0 Å². The van der Waals surface area contributed by atoms with Crippen molar-refractivity contribution >= 4 is 37.8 Å². The number of carbonyl (C=O) groups is 2. The summed E-state index contributed by atoms with van der Waals surface area (Å²) in [6, 6.07) is 6.38. The lowest BCUT2D eigenvalue weighted by molar-refractivity contribution is -0.123. The Morgan fingerprint density at radius 2 is 2.07 bits per heavy atom. The average Bonchev–Trinajstić information content (AvgIpc) is 2.65. The molecule has 1 atom stereocenters. The molecule has 1 aliphatic heterocycles. The molecular formula is C18H27BrN4O4S. The Labute approximate surface area is 174 Å². The van der Waals surface area contributed by atoms with Crippen LogP contribution in [0.3, 0.4) is 0 Å². The van der Waals surface area contributed by atoms with Gasteiger partial charge in [0.15, 0.2) is 0 Å². The van der Waals surface area contributed by atoms with Crippen LogP contribution in [0.5, 0.6) is 0 Å². The number of likely N-dealkylation sites (tertiary alicyclic amines) is 1. The Morgan fingerprint density at radius 3 is 2.79 bits per heavy atom. The molecule has 1 aliphatic rings. The van der Waals surface area contributed by atoms with Crippen LogP contribution in [0.2, 0.25) is 0 Å². The Bertz CT molecular complexity index is 788. The lowest BCUT2D eigenvalue weighted by Crippen LogP contribution is -2.42. The van der Waals surface area contributed by atoms with Crippen LogP contribution in [-0.2, 0) is 19.6 Å². The molecule has 1 fully saturated rings. The van der Waals surface area contributed by atoms with Crippen LogP contribution in [0.1, 0.15) is 25.7 Å². The van der Waals surface area contributed by atoms with Gasteiger partial charge in [-0.2, -0.15) is 0 Å². The van der Waals surface area contributed by atoms with Gasteiger partial charge in [0.05, 0.1) is 10.8 Å². The first-order valence-electron chi connectivity index (χ1n) is 9.31. The fourth-order valence-corrected chi connectivity index (χ4v) is 4.75. The van der Waals surface area contributed by atoms with Crippen LogP contribution in [-0.4, -0.2) is 57.9 Å². The molecule has 0 radical (unpaired) electrons. The highest BCUT2D eigenvalue weighted by atomic mass is 79.9. The van der Waals surface area contributed by atoms with E-state index in [9.17, 15) is 18.0 Å². The van der Waals surface area contributed by atoms with Crippen LogP contribution in [0, 0.1) is 5.92 Å². The number of nitrogens with zero attached hydrogens (tertiary/aromatic N) is 1. The maximum absolute atomic E-state index is 12.2. The number of nitrogens with two attached hydrogens (primary N) is 1. The van der Waals surface area contributed by atoms with Gasteiger partial charge < -0.3 is 16.0 Å². The third-order valence-electron chi connectivity index (χ3n) is 4.63. The molecule has 1 aromatic rings. The van der Waals surface area contributed by atoms with E-state index in [-0.39, 0.29) is 35.6 Å². The van der Waals surface area contributed by atoms with Crippen LogP contribution < -0.4 is 15.8 Å². The van der Waals surface area contributed by atoms with Crippen molar-refractivity contribution in [3.05, 3.63) is 28.7 Å². The number of halogens is 1. The second-order valence-electron chi connectivity index (χ2n) is 6.85. The Hall–Kier alpha value is -1.49. The summed E-state index contributed by atoms with van der Waals surface area (Å²) in [6.07, 6.45) is 2.64. The van der Waals surface area contributed by atoms with Gasteiger partial charge in [-0.05, 0) is 50.6 Å². The summed E-state index contributed by atoms with van der Waals surface area (Å²) in [7, 11) is -3.63. The summed E-state index contributed by atoms with van der Waals surface area (Å²) in [6.45, 7) is 2.96. The topological polar surface area (TPSA) is 122 Å². The van der Waals surface area contributed by atoms with Crippen LogP contribution in [0.4, 0.5) is 0 Å². The maximum Gasteiger partial charge on any atom is 0.240 e. The number of piperidine rings is 1. The minimum absolute atomic E-state index is 0.0348. The number of rotatable bonds is 10. The van der Waals surface area contributed by atoms with Crippen molar-refractivity contribution in [3.63, 3.8) is 0 Å². The highest BCUT2D eigenvalue weighted by molar-refractivity contribution is 9.10. The normalized spacial score (nSPS) is 18.0. The molecule has 28 heavy (non-hydrogen) atoms. The van der Waals surface area contributed by atoms with Crippen molar-refractivity contribution in [2.45, 2.75) is 30.6 Å². The van der Waals surface area contributed by atoms with E-state index in [4.69, 9.17) is 5.73 Å². The first kappa shape index (κ1) is 22.8. The molecule has 0 saturated carbocycles. The monoisotopic (exact) mass is 474 g/mol. The van der Waals surface area contributed by atoms with Crippen molar-refractivity contribution < 1.29 is 18.0 Å². The van der Waals surface area contributed by atoms with E-state index in [1.54, 1.807) is 12.1 Å². The minimum atomic E-state index is -3.63. The minimum Gasteiger partial charge on any atom is -0.369 e. The molecule has 4 N–H and O–H groups in total. The Balaban J connectivity index is 1.62. The van der Waals surface area contributed by atoms with Gasteiger partial charge in [0.1, 0.15) is 0 Å². The number of sulfonamides is 1. The van der Waals surface area contributed by atoms with Crippen molar-refractivity contribution in [3.8, 4) is 0 Å². The fraction of sp³-hybridized carbons (Fsp3) is 0.556. The van der Waals surface area contributed by atoms with E-state index in [2.05, 4.69) is 30.9 Å². The fourth-order valence-electron chi connectivity index (χ4n) is 3.13. The predicted octanol–water partition coefficient (Wildman–Crippen LogP) is 0.821. The summed E-state index contributed by atoms with van der Waals surface area (Å²) in [5.41, 5.74) is 5.37. The van der Waals surface area contributed by atoms with Crippen LogP contribution >= 0.6 is 15.9 Å². The zero-order chi connectivity index (χ0) is 20.6. The number of nitrogens with one attached hydrogen (secondary N) is 2. The van der Waals surface area contributed by atoms with Gasteiger partial charge in [-0.1, -0.05) is 22.0 Å². The zero-order valence-corrected chi connectivity index (χ0v) is 18.1. The van der Waals surface area contributed by atoms with E-state index >= 15 is 0 Å². The van der Waals surface area contributed by atoms with Gasteiger partial charge in [0, 0.05) is 30.5 Å². The summed E-state index contributed by atoms with van der Waals surface area (Å²) in [5, 5.41) is 2.79. The van der Waals surface area contributed by atoms with E-state index in [1.165, 1.54) is 12.1 Å². The molecular weight excluding hydrogens is 448 g/mol. The summed E-state index contributed by atoms with van der Waals surface area (Å²) >= 11 is 3.24. The molecule has 0 aromatic heterocycles. The second kappa shape index (κ2) is 10.9. The van der Waals surface area contributed by atoms with E-state index in [0.717, 1.165) is 32.4 Å². The lowest BCUT2D eigenvalue weighted by Gasteiger charge is -2.31. The number of hydrogen-bond donors (Lipinski definition) is 3. The third-order valence-corrected chi connectivity index (χ3v) is 6.58. The number of hydrogen-bond acceptors (Lipinski definition) is 5. The molecule has 10 heteroatoms. The molecule has 0 aliphatic carbocycles. The largest absolute Gasteiger partial charge is 0.369 e. The van der Waals surface area contributed by atoms with E-state index in [0.29, 0.717) is 17.6 Å². The van der Waals surface area contributed by atoms with Gasteiger partial charge in [-0.15, -0.1) is 0 Å². The highest BCUT2D eigenvalue weighted by Crippen LogP contribution is 2.16. The van der Waals surface area contributed by atoms with Crippen molar-refractivity contribution in [2.75, 3.05) is 32.7 Å². The summed E-state index contributed by atoms with van der Waals surface area (Å²) in [5.74, 6) is -0.532. The lowest BCUT2D eigenvalue weighted by atomic mass is 9.97. The molecule has 1 aromatic carbocycles. The number of benzene rings is 1. The highest BCUT2D eigenvalue weighted by Gasteiger charge is 2.23. The smallest absolute Gasteiger partial charge is 0.240 e. The van der Waals surface area contributed by atoms with Gasteiger partial charge in [-0.3, -0.25) is 9.59 Å². The maximum atomic E-state index is 12.2. The third kappa shape index (κ3) is 7.50. The Kier molecular flexibility index (Phi) is 8.87. The van der Waals surface area contributed by atoms with Gasteiger partial charge in [0.25, 0.3) is 0 Å². The molecule has 0 spiro atoms. The van der Waals surface area contributed by atoms with Gasteiger partial charge >= 0.3 is 0 Å². The molecule has 1 saturated heterocycles. The van der Waals surface area contributed by atoms with Gasteiger partial charge in [-0.25, -0.2) is 13.1 Å². The molecule has 1 heterocycles. The number of carbonyl (C=O) groups excluding carboxylic acids is 2. The molecule has 2 rings (SSSR count). The first-order chi connectivity index (χ1) is 13.3. The second-order valence-corrected chi connectivity index (χ2v) is 9.53. The standard InChI is InChI=1S/C18H27BrN4O4S/c19-15-5-1-6-16(12-15)28(26,27)22-9-7-17(24)21-8-3-11-23-10-2-4-14(13-23)18(20)25/h1,5-6,12,14,22H,2-4,7-11,13H2,(H2,20,25)(H,21,24). The summed E-state index contributed by atoms with van der Waals surface area (Å²) in [4.78, 5) is 25.5. The molecule has 1 unspecified atom stereocenters. The SMILES string of the molecule is NC(=O)C1CCCN(CCCNC(=O)CCNS(=O)(=O)c2cccc(Br)c2)C1. The van der Waals surface area contributed by atoms with Gasteiger partial charge in [0.2, 0.25) is 21.8 Å². The Morgan fingerprint density at radius 1 is 1.29 bits per heavy atom. The van der Waals surface area contributed by atoms with E-state index in [1.807, 2.05) is 0 Å². The van der Waals surface area contributed by atoms with Crippen molar-refractivity contribution in [1.82, 2.24) is 14.9 Å².